The number of piperazine rings is 1. The number of hydrogen-bond acceptors (Lipinski definition) is 4. The van der Waals surface area contributed by atoms with Crippen molar-refractivity contribution in [1.29, 1.82) is 0 Å². The van der Waals surface area contributed by atoms with Gasteiger partial charge in [-0.15, -0.1) is 0 Å². The van der Waals surface area contributed by atoms with E-state index in [1.54, 1.807) is 7.11 Å². The van der Waals surface area contributed by atoms with Gasteiger partial charge in [0.2, 0.25) is 0 Å². The monoisotopic (exact) mass is 385 g/mol. The van der Waals surface area contributed by atoms with E-state index in [4.69, 9.17) is 4.74 Å². The number of benzene rings is 1. The third-order valence-corrected chi connectivity index (χ3v) is 6.84. The molecule has 3 aliphatic rings. The molecule has 5 heteroatoms. The van der Waals surface area contributed by atoms with Crippen LogP contribution in [0.1, 0.15) is 54.4 Å². The number of hydrogen-bond donors (Lipinski definition) is 1. The second-order valence-corrected chi connectivity index (χ2v) is 8.94. The van der Waals surface area contributed by atoms with Crippen molar-refractivity contribution in [3.63, 3.8) is 0 Å². The average Bonchev–Trinajstić information content (AvgIpc) is 3.53. The molecule has 0 aromatic heterocycles. The normalized spacial score (nSPS) is 26.8. The Labute approximate surface area is 169 Å². The van der Waals surface area contributed by atoms with Gasteiger partial charge in [-0.3, -0.25) is 9.69 Å². The largest absolute Gasteiger partial charge is 0.496 e. The highest BCUT2D eigenvalue weighted by Gasteiger charge is 2.31. The molecule has 4 rings (SSSR count). The number of nitrogens with zero attached hydrogens (tertiary/aromatic N) is 2. The molecule has 0 spiro atoms. The van der Waals surface area contributed by atoms with E-state index < -0.39 is 0 Å². The van der Waals surface area contributed by atoms with E-state index in [9.17, 15) is 4.79 Å². The van der Waals surface area contributed by atoms with E-state index in [0.29, 0.717) is 17.6 Å². The van der Waals surface area contributed by atoms with Gasteiger partial charge in [0.1, 0.15) is 5.75 Å². The van der Waals surface area contributed by atoms with Gasteiger partial charge in [-0.25, -0.2) is 0 Å². The Morgan fingerprint density at radius 3 is 2.43 bits per heavy atom. The van der Waals surface area contributed by atoms with Crippen LogP contribution in [-0.4, -0.2) is 67.6 Å². The van der Waals surface area contributed by atoms with Crippen molar-refractivity contribution in [2.45, 2.75) is 57.5 Å². The Balaban J connectivity index is 1.21. The van der Waals surface area contributed by atoms with Crippen LogP contribution in [0, 0.1) is 12.8 Å². The summed E-state index contributed by atoms with van der Waals surface area (Å²) in [6, 6.07) is 6.69. The quantitative estimate of drug-likeness (QED) is 0.817. The van der Waals surface area contributed by atoms with Crippen molar-refractivity contribution in [2.75, 3.05) is 39.8 Å². The van der Waals surface area contributed by atoms with Crippen LogP contribution < -0.4 is 10.1 Å². The zero-order valence-electron chi connectivity index (χ0n) is 17.5. The van der Waals surface area contributed by atoms with Crippen molar-refractivity contribution in [1.82, 2.24) is 15.1 Å². The second-order valence-electron chi connectivity index (χ2n) is 8.94. The van der Waals surface area contributed by atoms with Gasteiger partial charge in [0, 0.05) is 50.4 Å². The summed E-state index contributed by atoms with van der Waals surface area (Å²) in [6.07, 6.45) is 7.47. The summed E-state index contributed by atoms with van der Waals surface area (Å²) >= 11 is 0. The molecule has 1 aliphatic heterocycles. The van der Waals surface area contributed by atoms with E-state index in [1.165, 1.54) is 58.4 Å². The van der Waals surface area contributed by atoms with Gasteiger partial charge in [0.25, 0.3) is 5.91 Å². The highest BCUT2D eigenvalue weighted by molar-refractivity contribution is 5.94. The first-order valence-corrected chi connectivity index (χ1v) is 11.0. The molecule has 0 radical (unpaired) electrons. The maximum absolute atomic E-state index is 12.6. The molecule has 1 amide bonds. The first-order chi connectivity index (χ1) is 13.6. The fourth-order valence-electron chi connectivity index (χ4n) is 4.79. The van der Waals surface area contributed by atoms with Crippen LogP contribution in [0.25, 0.3) is 0 Å². The standard InChI is InChI=1S/C23H35N3O2/c1-17-3-6-19(15-22(17)28-2)23(27)24-20-7-9-21(10-8-20)26-13-11-25(12-14-26)16-18-4-5-18/h3,6,15,18,20-21H,4-5,7-14,16H2,1-2H3,(H,24,27)/t20-,21-. The maximum atomic E-state index is 12.6. The third-order valence-electron chi connectivity index (χ3n) is 6.84. The minimum absolute atomic E-state index is 0.0236. The van der Waals surface area contributed by atoms with Crippen molar-refractivity contribution in [2.24, 2.45) is 5.92 Å². The molecule has 0 atom stereocenters. The van der Waals surface area contributed by atoms with Gasteiger partial charge in [-0.05, 0) is 69.1 Å². The first-order valence-electron chi connectivity index (χ1n) is 11.0. The van der Waals surface area contributed by atoms with Gasteiger partial charge in [0.15, 0.2) is 0 Å². The zero-order valence-corrected chi connectivity index (χ0v) is 17.5. The Kier molecular flexibility index (Phi) is 6.22. The van der Waals surface area contributed by atoms with Crippen molar-refractivity contribution < 1.29 is 9.53 Å². The number of rotatable bonds is 6. The number of aryl methyl sites for hydroxylation is 1. The lowest BCUT2D eigenvalue weighted by Gasteiger charge is -2.42. The summed E-state index contributed by atoms with van der Waals surface area (Å²) in [5.41, 5.74) is 1.74. The topological polar surface area (TPSA) is 44.8 Å². The number of methoxy groups -OCH3 is 1. The molecule has 1 heterocycles. The third kappa shape index (κ3) is 4.87. The predicted octanol–water partition coefficient (Wildman–Crippen LogP) is 3.07. The Hall–Kier alpha value is -1.59. The fraction of sp³-hybridized carbons (Fsp3) is 0.696. The summed E-state index contributed by atoms with van der Waals surface area (Å²) in [5, 5.41) is 3.24. The van der Waals surface area contributed by atoms with E-state index in [2.05, 4.69) is 15.1 Å². The van der Waals surface area contributed by atoms with E-state index in [1.807, 2.05) is 25.1 Å². The highest BCUT2D eigenvalue weighted by atomic mass is 16.5. The Morgan fingerprint density at radius 1 is 1.07 bits per heavy atom. The molecule has 2 aliphatic carbocycles. The Bertz CT molecular complexity index is 672. The van der Waals surface area contributed by atoms with Crippen molar-refractivity contribution in [3.8, 4) is 5.75 Å². The lowest BCUT2D eigenvalue weighted by atomic mass is 9.89. The van der Waals surface area contributed by atoms with Gasteiger partial charge in [-0.1, -0.05) is 6.07 Å². The lowest BCUT2D eigenvalue weighted by Crippen LogP contribution is -2.52. The zero-order chi connectivity index (χ0) is 19.5. The molecule has 1 saturated heterocycles. The van der Waals surface area contributed by atoms with Crippen molar-refractivity contribution in [3.05, 3.63) is 29.3 Å². The number of ether oxygens (including phenoxy) is 1. The minimum Gasteiger partial charge on any atom is -0.496 e. The lowest BCUT2D eigenvalue weighted by molar-refractivity contribution is 0.0694. The molecule has 1 aromatic carbocycles. The summed E-state index contributed by atoms with van der Waals surface area (Å²) in [5.74, 6) is 1.80. The van der Waals surface area contributed by atoms with Crippen LogP contribution in [0.3, 0.4) is 0 Å². The number of nitrogens with one attached hydrogen (secondary N) is 1. The van der Waals surface area contributed by atoms with E-state index in [-0.39, 0.29) is 5.91 Å². The van der Waals surface area contributed by atoms with Crippen molar-refractivity contribution >= 4 is 5.91 Å². The summed E-state index contributed by atoms with van der Waals surface area (Å²) in [7, 11) is 1.65. The molecule has 0 bridgehead atoms. The van der Waals surface area contributed by atoms with Gasteiger partial charge in [-0.2, -0.15) is 0 Å². The molecule has 3 fully saturated rings. The number of carbonyl (C=O) groups is 1. The highest BCUT2D eigenvalue weighted by Crippen LogP contribution is 2.30. The van der Waals surface area contributed by atoms with E-state index in [0.717, 1.165) is 30.1 Å². The molecule has 28 heavy (non-hydrogen) atoms. The summed E-state index contributed by atoms with van der Waals surface area (Å²) < 4.78 is 5.35. The number of carbonyl (C=O) groups excluding carboxylic acids is 1. The molecule has 5 nitrogen and oxygen atoms in total. The SMILES string of the molecule is COc1cc(C(=O)N[C@H]2CC[C@H](N3CCN(CC4CC4)CC3)CC2)ccc1C. The molecular formula is C23H35N3O2. The minimum atomic E-state index is 0.0236. The van der Waals surface area contributed by atoms with Crippen LogP contribution in [-0.2, 0) is 0 Å². The van der Waals surface area contributed by atoms with Crippen LogP contribution in [0.4, 0.5) is 0 Å². The summed E-state index contributed by atoms with van der Waals surface area (Å²) in [4.78, 5) is 18.0. The Morgan fingerprint density at radius 2 is 1.79 bits per heavy atom. The summed E-state index contributed by atoms with van der Waals surface area (Å²) in [6.45, 7) is 8.24. The average molecular weight is 386 g/mol. The maximum Gasteiger partial charge on any atom is 0.251 e. The van der Waals surface area contributed by atoms with Crippen LogP contribution in [0.5, 0.6) is 5.75 Å². The second kappa shape index (κ2) is 8.83. The predicted molar refractivity (Wildman–Crippen MR) is 112 cm³/mol. The fourth-order valence-corrected chi connectivity index (χ4v) is 4.79. The first kappa shape index (κ1) is 19.7. The van der Waals surface area contributed by atoms with Crippen LogP contribution >= 0.6 is 0 Å². The van der Waals surface area contributed by atoms with Crippen LogP contribution in [0.15, 0.2) is 18.2 Å². The molecule has 2 saturated carbocycles. The van der Waals surface area contributed by atoms with Gasteiger partial charge >= 0.3 is 0 Å². The molecule has 1 aromatic rings. The van der Waals surface area contributed by atoms with E-state index >= 15 is 0 Å². The molecular weight excluding hydrogens is 350 g/mol. The van der Waals surface area contributed by atoms with Gasteiger partial charge in [0.05, 0.1) is 7.11 Å². The molecule has 0 unspecified atom stereocenters. The van der Waals surface area contributed by atoms with Crippen LogP contribution in [0.2, 0.25) is 0 Å². The number of amides is 1. The van der Waals surface area contributed by atoms with Gasteiger partial charge < -0.3 is 15.0 Å². The smallest absolute Gasteiger partial charge is 0.251 e. The molecule has 1 N–H and O–H groups in total. The molecule has 154 valence electrons.